The summed E-state index contributed by atoms with van der Waals surface area (Å²) in [5.74, 6) is 0.0754. The first-order valence-electron chi connectivity index (χ1n) is 7.27. The highest BCUT2D eigenvalue weighted by molar-refractivity contribution is 9.10. The number of nitro groups is 1. The van der Waals surface area contributed by atoms with Crippen LogP contribution < -0.4 is 10.1 Å². The van der Waals surface area contributed by atoms with Crippen molar-refractivity contribution in [3.05, 3.63) is 44.5 Å². The normalized spacial score (nSPS) is 11.8. The van der Waals surface area contributed by atoms with E-state index >= 15 is 0 Å². The van der Waals surface area contributed by atoms with Crippen molar-refractivity contribution in [3.8, 4) is 5.75 Å². The molecule has 8 nitrogen and oxygen atoms in total. The maximum atomic E-state index is 12.4. The molecular formula is C15H17BrN4O4. The van der Waals surface area contributed by atoms with Crippen LogP contribution in [-0.2, 0) is 4.79 Å². The summed E-state index contributed by atoms with van der Waals surface area (Å²) in [5, 5.41) is 17.6. The molecule has 0 radical (unpaired) electrons. The lowest BCUT2D eigenvalue weighted by Crippen LogP contribution is -2.25. The quantitative estimate of drug-likeness (QED) is 0.595. The van der Waals surface area contributed by atoms with Gasteiger partial charge in [-0.2, -0.15) is 4.68 Å². The number of aromatic nitrogens is 2. The first-order chi connectivity index (χ1) is 11.3. The zero-order chi connectivity index (χ0) is 17.9. The van der Waals surface area contributed by atoms with Crippen molar-refractivity contribution in [2.75, 3.05) is 11.9 Å². The Hall–Kier alpha value is -2.42. The highest BCUT2D eigenvalue weighted by Crippen LogP contribution is 2.29. The second-order valence-electron chi connectivity index (χ2n) is 5.05. The molecule has 0 aliphatic rings. The van der Waals surface area contributed by atoms with Gasteiger partial charge in [-0.1, -0.05) is 0 Å². The smallest absolute Gasteiger partial charge is 0.404 e. The van der Waals surface area contributed by atoms with Crippen LogP contribution in [0, 0.1) is 17.0 Å². The van der Waals surface area contributed by atoms with Gasteiger partial charge in [-0.25, -0.2) is 0 Å². The predicted molar refractivity (Wildman–Crippen MR) is 92.3 cm³/mol. The van der Waals surface area contributed by atoms with Gasteiger partial charge in [-0.15, -0.1) is 0 Å². The zero-order valence-corrected chi connectivity index (χ0v) is 15.0. The number of hydrogen-bond donors (Lipinski definition) is 1. The Morgan fingerprint density at radius 2 is 2.08 bits per heavy atom. The van der Waals surface area contributed by atoms with E-state index in [0.29, 0.717) is 23.7 Å². The Morgan fingerprint density at radius 1 is 1.46 bits per heavy atom. The molecule has 9 heteroatoms. The third-order valence-corrected chi connectivity index (χ3v) is 4.34. The van der Waals surface area contributed by atoms with Crippen molar-refractivity contribution in [1.29, 1.82) is 0 Å². The van der Waals surface area contributed by atoms with Crippen LogP contribution in [0.2, 0.25) is 0 Å². The maximum absolute atomic E-state index is 12.4. The van der Waals surface area contributed by atoms with Crippen LogP contribution >= 0.6 is 15.9 Å². The number of halogens is 1. The lowest BCUT2D eigenvalue weighted by Gasteiger charge is -2.12. The number of nitrogens with zero attached hydrogens (tertiary/aromatic N) is 3. The molecule has 0 saturated heterocycles. The largest absolute Gasteiger partial charge is 0.494 e. The van der Waals surface area contributed by atoms with Gasteiger partial charge in [0.05, 0.1) is 17.4 Å². The van der Waals surface area contributed by atoms with E-state index in [1.165, 1.54) is 4.68 Å². The van der Waals surface area contributed by atoms with E-state index in [2.05, 4.69) is 26.3 Å². The first kappa shape index (κ1) is 17.9. The number of amides is 1. The number of carbonyl (C=O) groups is 1. The van der Waals surface area contributed by atoms with Crippen molar-refractivity contribution in [1.82, 2.24) is 9.78 Å². The second-order valence-corrected chi connectivity index (χ2v) is 5.84. The molecule has 0 unspecified atom stereocenters. The Morgan fingerprint density at radius 3 is 2.58 bits per heavy atom. The van der Waals surface area contributed by atoms with Gasteiger partial charge in [0.1, 0.15) is 16.3 Å². The predicted octanol–water partition coefficient (Wildman–Crippen LogP) is 3.46. The standard InChI is InChI=1S/C15H17BrN4O4/c1-4-24-12-7-5-11(6-8-12)17-15(21)10(3)19-9(2)13(16)14(18-19)20(22)23/h5-8,10H,4H2,1-3H3,(H,17,21)/t10-/m1/s1. The van der Waals surface area contributed by atoms with Crippen LogP contribution in [0.25, 0.3) is 0 Å². The molecule has 0 bridgehead atoms. The average molecular weight is 397 g/mol. The molecule has 1 heterocycles. The number of ether oxygens (including phenoxy) is 1. The van der Waals surface area contributed by atoms with Gasteiger partial charge in [0, 0.05) is 5.69 Å². The maximum Gasteiger partial charge on any atom is 0.404 e. The molecular weight excluding hydrogens is 380 g/mol. The summed E-state index contributed by atoms with van der Waals surface area (Å²) in [6, 6.07) is 6.25. The van der Waals surface area contributed by atoms with Crippen LogP contribution in [-0.4, -0.2) is 27.2 Å². The van der Waals surface area contributed by atoms with Crippen molar-refractivity contribution in [2.24, 2.45) is 0 Å². The molecule has 1 aromatic heterocycles. The fraction of sp³-hybridized carbons (Fsp3) is 0.333. The average Bonchev–Trinajstić information content (AvgIpc) is 2.85. The van der Waals surface area contributed by atoms with Crippen molar-refractivity contribution in [3.63, 3.8) is 0 Å². The van der Waals surface area contributed by atoms with Crippen LogP contribution in [0.4, 0.5) is 11.5 Å². The van der Waals surface area contributed by atoms with Gasteiger partial charge in [0.15, 0.2) is 0 Å². The third-order valence-electron chi connectivity index (χ3n) is 3.41. The Kier molecular flexibility index (Phi) is 5.55. The molecule has 1 amide bonds. The molecule has 128 valence electrons. The first-order valence-corrected chi connectivity index (χ1v) is 8.07. The Bertz CT molecular complexity index is 758. The van der Waals surface area contributed by atoms with Crippen LogP contribution in [0.1, 0.15) is 25.6 Å². The van der Waals surface area contributed by atoms with Crippen LogP contribution in [0.15, 0.2) is 28.7 Å². The molecule has 0 aliphatic carbocycles. The van der Waals surface area contributed by atoms with E-state index in [4.69, 9.17) is 4.74 Å². The lowest BCUT2D eigenvalue weighted by atomic mass is 10.2. The molecule has 1 N–H and O–H groups in total. The minimum atomic E-state index is -0.707. The van der Waals surface area contributed by atoms with E-state index in [-0.39, 0.29) is 16.2 Å². The highest BCUT2D eigenvalue weighted by Gasteiger charge is 2.29. The monoisotopic (exact) mass is 396 g/mol. The molecule has 2 rings (SSSR count). The fourth-order valence-corrected chi connectivity index (χ4v) is 2.54. The summed E-state index contributed by atoms with van der Waals surface area (Å²) < 4.78 is 6.94. The molecule has 1 atom stereocenters. The summed E-state index contributed by atoms with van der Waals surface area (Å²) in [5.41, 5.74) is 1.12. The number of benzene rings is 1. The lowest BCUT2D eigenvalue weighted by molar-refractivity contribution is -0.390. The summed E-state index contributed by atoms with van der Waals surface area (Å²) in [6.45, 7) is 5.74. The highest BCUT2D eigenvalue weighted by atomic mass is 79.9. The summed E-state index contributed by atoms with van der Waals surface area (Å²) >= 11 is 3.14. The zero-order valence-electron chi connectivity index (χ0n) is 13.4. The van der Waals surface area contributed by atoms with E-state index < -0.39 is 11.0 Å². The van der Waals surface area contributed by atoms with Gasteiger partial charge in [0.2, 0.25) is 0 Å². The minimum Gasteiger partial charge on any atom is -0.494 e. The summed E-state index contributed by atoms with van der Waals surface area (Å²) in [4.78, 5) is 22.7. The Labute approximate surface area is 147 Å². The number of nitrogens with one attached hydrogen (secondary N) is 1. The van der Waals surface area contributed by atoms with Crippen molar-refractivity contribution >= 4 is 33.3 Å². The van der Waals surface area contributed by atoms with E-state index in [1.54, 1.807) is 38.1 Å². The van der Waals surface area contributed by atoms with Crippen molar-refractivity contribution < 1.29 is 14.5 Å². The van der Waals surface area contributed by atoms with Crippen LogP contribution in [0.5, 0.6) is 5.75 Å². The van der Waals surface area contributed by atoms with E-state index in [0.717, 1.165) is 0 Å². The molecule has 0 saturated carbocycles. The molecule has 0 fully saturated rings. The van der Waals surface area contributed by atoms with Gasteiger partial charge in [0.25, 0.3) is 5.91 Å². The number of anilines is 1. The van der Waals surface area contributed by atoms with Gasteiger partial charge >= 0.3 is 5.82 Å². The van der Waals surface area contributed by atoms with Crippen molar-refractivity contribution in [2.45, 2.75) is 26.8 Å². The third kappa shape index (κ3) is 3.73. The van der Waals surface area contributed by atoms with Gasteiger partial charge in [-0.05, 0) is 65.9 Å². The SMILES string of the molecule is CCOc1ccc(NC(=O)[C@@H](C)n2nc([N+](=O)[O-])c(Br)c2C)cc1. The van der Waals surface area contributed by atoms with Gasteiger partial charge < -0.3 is 20.2 Å². The minimum absolute atomic E-state index is 0.271. The fourth-order valence-electron chi connectivity index (χ4n) is 2.14. The molecule has 0 spiro atoms. The molecule has 24 heavy (non-hydrogen) atoms. The van der Waals surface area contributed by atoms with Crippen LogP contribution in [0.3, 0.4) is 0 Å². The molecule has 0 aliphatic heterocycles. The topological polar surface area (TPSA) is 99.3 Å². The second kappa shape index (κ2) is 7.43. The van der Waals surface area contributed by atoms with E-state index in [9.17, 15) is 14.9 Å². The van der Waals surface area contributed by atoms with E-state index in [1.807, 2.05) is 6.92 Å². The molecule has 1 aromatic carbocycles. The summed E-state index contributed by atoms with van der Waals surface area (Å²) in [6.07, 6.45) is 0. The number of rotatable bonds is 6. The van der Waals surface area contributed by atoms with Gasteiger partial charge in [-0.3, -0.25) is 4.79 Å². The summed E-state index contributed by atoms with van der Waals surface area (Å²) in [7, 11) is 0. The Balaban J connectivity index is 2.15. The molecule has 2 aromatic rings. The number of carbonyl (C=O) groups excluding carboxylic acids is 1. The number of hydrogen-bond acceptors (Lipinski definition) is 5.